The molecule has 1 aliphatic heterocycles. The number of rotatable bonds is 2. The van der Waals surface area contributed by atoms with Crippen molar-refractivity contribution in [3.63, 3.8) is 0 Å². The number of hydrogen-bond acceptors (Lipinski definition) is 3. The van der Waals surface area contributed by atoms with E-state index in [9.17, 15) is 14.4 Å². The fraction of sp³-hybridized carbons (Fsp3) is 0.389. The number of anilines is 1. The topological polar surface area (TPSA) is 54.5 Å². The van der Waals surface area contributed by atoms with Gasteiger partial charge in [0.2, 0.25) is 11.8 Å². The molecule has 2 amide bonds. The average molecular weight is 293 g/mol. The molecule has 4 nitrogen and oxygen atoms in total. The smallest absolute Gasteiger partial charge is 0.238 e. The molecule has 0 radical (unpaired) electrons. The van der Waals surface area contributed by atoms with Crippen molar-refractivity contribution in [1.82, 2.24) is 0 Å². The number of amides is 2. The fourth-order valence-corrected chi connectivity index (χ4v) is 4.91. The molecule has 2 bridgehead atoms. The van der Waals surface area contributed by atoms with Gasteiger partial charge in [0.1, 0.15) is 6.29 Å². The van der Waals surface area contributed by atoms with Gasteiger partial charge in [-0.3, -0.25) is 19.3 Å². The Morgan fingerprint density at radius 3 is 1.95 bits per heavy atom. The monoisotopic (exact) mass is 293 g/mol. The van der Waals surface area contributed by atoms with E-state index < -0.39 is 0 Å². The van der Waals surface area contributed by atoms with Crippen LogP contribution in [0.1, 0.15) is 16.8 Å². The number of carbonyl (C=O) groups is 3. The number of carbonyl (C=O) groups excluding carboxylic acids is 3. The van der Waals surface area contributed by atoms with Gasteiger partial charge in [0.25, 0.3) is 0 Å². The quantitative estimate of drug-likeness (QED) is 0.476. The normalized spacial score (nSPS) is 40.6. The third-order valence-corrected chi connectivity index (χ3v) is 5.95. The Labute approximate surface area is 127 Å². The van der Waals surface area contributed by atoms with Crippen molar-refractivity contribution in [2.45, 2.75) is 6.42 Å². The molecule has 3 fully saturated rings. The van der Waals surface area contributed by atoms with E-state index in [1.165, 1.54) is 11.3 Å². The third-order valence-electron chi connectivity index (χ3n) is 5.95. The molecular weight excluding hydrogens is 278 g/mol. The lowest BCUT2D eigenvalue weighted by molar-refractivity contribution is -0.124. The molecular formula is C18H15NO3. The molecule has 6 atom stereocenters. The molecule has 2 unspecified atom stereocenters. The SMILES string of the molecule is O=Cc1ccc(N2C(=O)[C@@H]3[C@H](C2=O)C2C=C[C@H]3C3C[C@@H]23)cc1. The summed E-state index contributed by atoms with van der Waals surface area (Å²) in [5, 5.41) is 0. The zero-order valence-electron chi connectivity index (χ0n) is 11.9. The lowest BCUT2D eigenvalue weighted by atomic mass is 9.63. The van der Waals surface area contributed by atoms with E-state index in [0.29, 0.717) is 23.1 Å². The summed E-state index contributed by atoms with van der Waals surface area (Å²) >= 11 is 0. The zero-order chi connectivity index (χ0) is 15.0. The highest BCUT2D eigenvalue weighted by Gasteiger charge is 2.67. The van der Waals surface area contributed by atoms with Gasteiger partial charge in [-0.05, 0) is 54.4 Å². The van der Waals surface area contributed by atoms with Crippen molar-refractivity contribution >= 4 is 23.8 Å². The standard InChI is InChI=1S/C18H15NO3/c20-8-9-1-3-10(4-2-9)19-17(21)15-11-5-6-12(14-7-13(11)14)16(15)18(19)22/h1-6,8,11-16H,7H2/t11-,12?,13?,14-,15-,16+/m0/s1. The van der Waals surface area contributed by atoms with Crippen molar-refractivity contribution in [3.8, 4) is 0 Å². The Morgan fingerprint density at radius 1 is 0.909 bits per heavy atom. The minimum absolute atomic E-state index is 0.0569. The second-order valence-corrected chi connectivity index (χ2v) is 6.88. The Kier molecular flexibility index (Phi) is 2.21. The highest BCUT2D eigenvalue weighted by atomic mass is 16.2. The van der Waals surface area contributed by atoms with Crippen molar-refractivity contribution in [3.05, 3.63) is 42.0 Å². The van der Waals surface area contributed by atoms with Gasteiger partial charge in [0.15, 0.2) is 0 Å². The van der Waals surface area contributed by atoms with E-state index in [2.05, 4.69) is 12.2 Å². The first-order valence-corrected chi connectivity index (χ1v) is 7.82. The first kappa shape index (κ1) is 12.3. The largest absolute Gasteiger partial charge is 0.298 e. The second-order valence-electron chi connectivity index (χ2n) is 6.88. The minimum Gasteiger partial charge on any atom is -0.298 e. The highest BCUT2D eigenvalue weighted by molar-refractivity contribution is 6.22. The zero-order valence-corrected chi connectivity index (χ0v) is 11.9. The van der Waals surface area contributed by atoms with Crippen LogP contribution in [0.25, 0.3) is 0 Å². The lowest BCUT2D eigenvalue weighted by Gasteiger charge is -2.37. The van der Waals surface area contributed by atoms with Gasteiger partial charge in [-0.25, -0.2) is 0 Å². The molecule has 6 rings (SSSR count). The van der Waals surface area contributed by atoms with Crippen LogP contribution < -0.4 is 4.90 Å². The maximum atomic E-state index is 12.9. The van der Waals surface area contributed by atoms with Gasteiger partial charge >= 0.3 is 0 Å². The molecule has 1 aromatic carbocycles. The van der Waals surface area contributed by atoms with Crippen LogP contribution in [-0.2, 0) is 9.59 Å². The van der Waals surface area contributed by atoms with E-state index in [1.54, 1.807) is 24.3 Å². The van der Waals surface area contributed by atoms with Crippen molar-refractivity contribution in [2.75, 3.05) is 4.90 Å². The van der Waals surface area contributed by atoms with Crippen LogP contribution in [0.15, 0.2) is 36.4 Å². The molecule has 5 aliphatic rings. The van der Waals surface area contributed by atoms with E-state index in [-0.39, 0.29) is 35.5 Å². The van der Waals surface area contributed by atoms with Crippen LogP contribution in [0.4, 0.5) is 5.69 Å². The molecule has 4 aliphatic carbocycles. The summed E-state index contributed by atoms with van der Waals surface area (Å²) in [7, 11) is 0. The number of aldehydes is 1. The molecule has 1 aromatic rings. The van der Waals surface area contributed by atoms with E-state index in [4.69, 9.17) is 0 Å². The number of hydrogen-bond donors (Lipinski definition) is 0. The third kappa shape index (κ3) is 1.35. The number of allylic oxidation sites excluding steroid dienone is 2. The summed E-state index contributed by atoms with van der Waals surface area (Å²) in [4.78, 5) is 37.8. The maximum Gasteiger partial charge on any atom is 0.238 e. The number of nitrogens with zero attached hydrogens (tertiary/aromatic N) is 1. The molecule has 1 saturated heterocycles. The van der Waals surface area contributed by atoms with Crippen LogP contribution in [-0.4, -0.2) is 18.1 Å². The molecule has 4 heteroatoms. The highest BCUT2D eigenvalue weighted by Crippen LogP contribution is 2.65. The molecule has 0 spiro atoms. The summed E-state index contributed by atoms with van der Waals surface area (Å²) in [6.45, 7) is 0. The van der Waals surface area contributed by atoms with Crippen LogP contribution in [0.5, 0.6) is 0 Å². The maximum absolute atomic E-state index is 12.9. The van der Waals surface area contributed by atoms with Gasteiger partial charge in [-0.2, -0.15) is 0 Å². The average Bonchev–Trinajstić information content (AvgIpc) is 3.32. The summed E-state index contributed by atoms with van der Waals surface area (Å²) < 4.78 is 0. The van der Waals surface area contributed by atoms with Gasteiger partial charge in [-0.1, -0.05) is 12.2 Å². The van der Waals surface area contributed by atoms with E-state index in [1.807, 2.05) is 0 Å². The Bertz CT molecular complexity index is 699. The lowest BCUT2D eigenvalue weighted by Crippen LogP contribution is -2.40. The van der Waals surface area contributed by atoms with E-state index in [0.717, 1.165) is 6.29 Å². The Balaban J connectivity index is 1.55. The predicted molar refractivity (Wildman–Crippen MR) is 79.0 cm³/mol. The second kappa shape index (κ2) is 3.94. The van der Waals surface area contributed by atoms with E-state index >= 15 is 0 Å². The molecule has 110 valence electrons. The van der Waals surface area contributed by atoms with Crippen LogP contribution in [0.3, 0.4) is 0 Å². The van der Waals surface area contributed by atoms with Gasteiger partial charge < -0.3 is 0 Å². The van der Waals surface area contributed by atoms with Crippen LogP contribution >= 0.6 is 0 Å². The van der Waals surface area contributed by atoms with Crippen molar-refractivity contribution in [2.24, 2.45) is 35.5 Å². The van der Waals surface area contributed by atoms with Gasteiger partial charge in [0, 0.05) is 5.56 Å². The molecule has 0 aromatic heterocycles. The van der Waals surface area contributed by atoms with Crippen LogP contribution in [0.2, 0.25) is 0 Å². The molecule has 1 heterocycles. The summed E-state index contributed by atoms with van der Waals surface area (Å²) in [5.74, 6) is 1.27. The first-order chi connectivity index (χ1) is 10.7. The molecule has 0 N–H and O–H groups in total. The minimum atomic E-state index is -0.169. The Morgan fingerprint density at radius 2 is 1.45 bits per heavy atom. The summed E-state index contributed by atoms with van der Waals surface area (Å²) in [6.07, 6.45) is 6.27. The molecule has 22 heavy (non-hydrogen) atoms. The van der Waals surface area contributed by atoms with Gasteiger partial charge in [-0.15, -0.1) is 0 Å². The summed E-state index contributed by atoms with van der Waals surface area (Å²) in [6, 6.07) is 6.67. The Hall–Kier alpha value is -2.23. The molecule has 2 saturated carbocycles. The number of benzene rings is 1. The predicted octanol–water partition coefficient (Wildman–Crippen LogP) is 2.06. The van der Waals surface area contributed by atoms with Crippen molar-refractivity contribution in [1.29, 1.82) is 0 Å². The van der Waals surface area contributed by atoms with Crippen molar-refractivity contribution < 1.29 is 14.4 Å². The van der Waals surface area contributed by atoms with Gasteiger partial charge in [0.05, 0.1) is 17.5 Å². The summed E-state index contributed by atoms with van der Waals surface area (Å²) in [5.41, 5.74) is 1.13. The number of imide groups is 1. The van der Waals surface area contributed by atoms with Crippen LogP contribution in [0, 0.1) is 35.5 Å². The first-order valence-electron chi connectivity index (χ1n) is 7.82. The fourth-order valence-electron chi connectivity index (χ4n) is 4.91.